The van der Waals surface area contributed by atoms with Gasteiger partial charge in [0.05, 0.1) is 7.11 Å². The summed E-state index contributed by atoms with van der Waals surface area (Å²) in [5, 5.41) is 0. The second-order valence-corrected chi connectivity index (χ2v) is 8.63. The van der Waals surface area contributed by atoms with Gasteiger partial charge in [0.1, 0.15) is 0 Å². The number of rotatable bonds is 6. The Morgan fingerprint density at radius 2 is 1.62 bits per heavy atom. The average Bonchev–Trinajstić information content (AvgIpc) is 2.44. The number of methoxy groups -OCH3 is 1. The van der Waals surface area contributed by atoms with E-state index in [0.717, 1.165) is 24.2 Å². The molecule has 116 valence electrons. The van der Waals surface area contributed by atoms with Gasteiger partial charge < -0.3 is 4.74 Å². The largest absolute Gasteiger partial charge is 0.469 e. The highest BCUT2D eigenvalue weighted by Crippen LogP contribution is 2.84. The van der Waals surface area contributed by atoms with E-state index in [1.54, 1.807) is 19.3 Å². The van der Waals surface area contributed by atoms with E-state index in [1.807, 2.05) is 0 Å². The molecule has 5 saturated carbocycles. The molecule has 0 N–H and O–H groups in total. The molecule has 2 heteroatoms. The zero-order chi connectivity index (χ0) is 14.1. The summed E-state index contributed by atoms with van der Waals surface area (Å²) in [6.45, 7) is 0. The van der Waals surface area contributed by atoms with Crippen LogP contribution in [0.5, 0.6) is 0 Å². The molecule has 0 bridgehead atoms. The van der Waals surface area contributed by atoms with Crippen LogP contribution in [0.1, 0.15) is 51.4 Å². The number of hydrogen-bond donors (Lipinski definition) is 0. The van der Waals surface area contributed by atoms with Crippen molar-refractivity contribution in [2.45, 2.75) is 51.4 Å². The highest BCUT2D eigenvalue weighted by molar-refractivity contribution is 5.68. The van der Waals surface area contributed by atoms with Crippen molar-refractivity contribution in [3.8, 4) is 0 Å². The van der Waals surface area contributed by atoms with E-state index < -0.39 is 0 Å². The van der Waals surface area contributed by atoms with Crippen molar-refractivity contribution in [3.63, 3.8) is 0 Å². The maximum atomic E-state index is 11.1. The van der Waals surface area contributed by atoms with Crippen molar-refractivity contribution < 1.29 is 9.53 Å². The van der Waals surface area contributed by atoms with E-state index in [2.05, 4.69) is 0 Å². The molecule has 0 spiro atoms. The summed E-state index contributed by atoms with van der Waals surface area (Å²) in [5.41, 5.74) is 0. The quantitative estimate of drug-likeness (QED) is 0.421. The van der Waals surface area contributed by atoms with Gasteiger partial charge in [-0.3, -0.25) is 4.79 Å². The molecular weight excluding hydrogens is 260 g/mol. The average molecular weight is 288 g/mol. The highest BCUT2D eigenvalue weighted by atomic mass is 16.5. The second-order valence-electron chi connectivity index (χ2n) is 8.63. The summed E-state index contributed by atoms with van der Waals surface area (Å²) < 4.78 is 4.70. The van der Waals surface area contributed by atoms with Crippen LogP contribution in [0.4, 0.5) is 0 Å². The Bertz CT molecular complexity index is 452. The maximum Gasteiger partial charge on any atom is 0.305 e. The fourth-order valence-electron chi connectivity index (χ4n) is 7.42. The number of hydrogen-bond acceptors (Lipinski definition) is 2. The van der Waals surface area contributed by atoms with E-state index >= 15 is 0 Å². The third kappa shape index (κ3) is 1.52. The first-order valence-electron chi connectivity index (χ1n) is 9.38. The lowest BCUT2D eigenvalue weighted by atomic mass is 9.20. The van der Waals surface area contributed by atoms with Gasteiger partial charge in [0.2, 0.25) is 0 Å². The zero-order valence-electron chi connectivity index (χ0n) is 13.2. The van der Waals surface area contributed by atoms with Gasteiger partial charge in [-0.05, 0) is 78.9 Å². The van der Waals surface area contributed by atoms with E-state index in [1.165, 1.54) is 61.9 Å². The van der Waals surface area contributed by atoms with Gasteiger partial charge in [0.25, 0.3) is 0 Å². The minimum atomic E-state index is -0.0407. The normalized spacial score (nSPS) is 54.0. The molecule has 0 aromatic rings. The first-order valence-corrected chi connectivity index (χ1v) is 9.38. The van der Waals surface area contributed by atoms with Crippen LogP contribution in [0.15, 0.2) is 0 Å². The Labute approximate surface area is 128 Å². The van der Waals surface area contributed by atoms with Crippen LogP contribution >= 0.6 is 0 Å². The van der Waals surface area contributed by atoms with Crippen LogP contribution in [0.2, 0.25) is 0 Å². The van der Waals surface area contributed by atoms with Crippen LogP contribution in [-0.4, -0.2) is 13.1 Å². The number of unbranched alkanes of at least 4 members (excludes halogenated alkanes) is 2. The van der Waals surface area contributed by atoms with Crippen molar-refractivity contribution in [1.82, 2.24) is 0 Å². The Morgan fingerprint density at radius 3 is 2.33 bits per heavy atom. The van der Waals surface area contributed by atoms with Gasteiger partial charge in [0.15, 0.2) is 0 Å². The highest BCUT2D eigenvalue weighted by Gasteiger charge is 2.79. The molecule has 21 heavy (non-hydrogen) atoms. The minimum Gasteiger partial charge on any atom is -0.469 e. The fraction of sp³-hybridized carbons (Fsp3) is 0.947. The van der Waals surface area contributed by atoms with E-state index in [4.69, 9.17) is 4.74 Å². The van der Waals surface area contributed by atoms with Gasteiger partial charge in [-0.15, -0.1) is 0 Å². The molecule has 0 radical (unpaired) electrons. The third-order valence-corrected chi connectivity index (χ3v) is 8.39. The SMILES string of the molecule is COC(=O)CCCCC[C@H]1C[C@@H]2[C@H]3[C@@H]4[C@H]5CC[C@H]5[C@@H]4[C@H]3[C@H]12. The molecule has 9 atom stereocenters. The second kappa shape index (κ2) is 4.49. The lowest BCUT2D eigenvalue weighted by Crippen LogP contribution is -2.80. The summed E-state index contributed by atoms with van der Waals surface area (Å²) in [4.78, 5) is 11.1. The van der Waals surface area contributed by atoms with Crippen LogP contribution in [-0.2, 0) is 9.53 Å². The number of esters is 1. The Kier molecular flexibility index (Phi) is 2.77. The van der Waals surface area contributed by atoms with Crippen molar-refractivity contribution in [2.24, 2.45) is 53.3 Å². The molecule has 0 aromatic heterocycles. The number of carbonyl (C=O) groups is 1. The molecule has 0 unspecified atom stereocenters. The van der Waals surface area contributed by atoms with Crippen LogP contribution < -0.4 is 0 Å². The minimum absolute atomic E-state index is 0.0407. The van der Waals surface area contributed by atoms with Crippen LogP contribution in [0.3, 0.4) is 0 Å². The molecule has 2 nitrogen and oxygen atoms in total. The van der Waals surface area contributed by atoms with Crippen molar-refractivity contribution >= 4 is 5.97 Å². The molecule has 0 amide bonds. The molecule has 0 aromatic carbocycles. The summed E-state index contributed by atoms with van der Waals surface area (Å²) in [6.07, 6.45) is 10.3. The zero-order valence-corrected chi connectivity index (χ0v) is 13.2. The molecular formula is C19H28O2. The fourth-order valence-corrected chi connectivity index (χ4v) is 7.42. The standard InChI is InChI=1S/C19H28O2/c1-21-14(20)6-4-2-3-5-10-9-13-15(10)19-17-12-8-7-11(12)16(17)18(13)19/h10-13,15-19H,2-9H2,1H3/t10-,11-,12+,13-,15+,16+,17-,18-,19+/m0/s1. The molecule has 5 fully saturated rings. The van der Waals surface area contributed by atoms with Gasteiger partial charge in [-0.25, -0.2) is 0 Å². The predicted octanol–water partition coefficient (Wildman–Crippen LogP) is 3.89. The first kappa shape index (κ1) is 13.0. The molecule has 5 rings (SSSR count). The molecule has 0 aliphatic heterocycles. The Hall–Kier alpha value is -0.530. The monoisotopic (exact) mass is 288 g/mol. The van der Waals surface area contributed by atoms with Gasteiger partial charge in [0, 0.05) is 6.42 Å². The lowest BCUT2D eigenvalue weighted by molar-refractivity contribution is -0.375. The molecule has 5 aliphatic carbocycles. The molecule has 0 saturated heterocycles. The van der Waals surface area contributed by atoms with E-state index in [9.17, 15) is 4.79 Å². The maximum absolute atomic E-state index is 11.1. The molecule has 5 aliphatic rings. The topological polar surface area (TPSA) is 26.3 Å². The van der Waals surface area contributed by atoms with Gasteiger partial charge in [-0.1, -0.05) is 19.3 Å². The van der Waals surface area contributed by atoms with Crippen molar-refractivity contribution in [2.75, 3.05) is 7.11 Å². The summed E-state index contributed by atoms with van der Waals surface area (Å²) in [6, 6.07) is 0. The Balaban J connectivity index is 1.05. The summed E-state index contributed by atoms with van der Waals surface area (Å²) >= 11 is 0. The van der Waals surface area contributed by atoms with Gasteiger partial charge >= 0.3 is 5.97 Å². The van der Waals surface area contributed by atoms with Crippen molar-refractivity contribution in [1.29, 1.82) is 0 Å². The Morgan fingerprint density at radius 1 is 0.905 bits per heavy atom. The van der Waals surface area contributed by atoms with E-state index in [0.29, 0.717) is 6.42 Å². The van der Waals surface area contributed by atoms with E-state index in [-0.39, 0.29) is 5.97 Å². The van der Waals surface area contributed by atoms with Crippen molar-refractivity contribution in [3.05, 3.63) is 0 Å². The van der Waals surface area contributed by atoms with Crippen LogP contribution in [0.25, 0.3) is 0 Å². The lowest BCUT2D eigenvalue weighted by Gasteiger charge is -2.85. The first-order chi connectivity index (χ1) is 10.3. The van der Waals surface area contributed by atoms with Gasteiger partial charge in [-0.2, -0.15) is 0 Å². The predicted molar refractivity (Wildman–Crippen MR) is 80.4 cm³/mol. The molecule has 0 heterocycles. The number of ether oxygens (including phenoxy) is 1. The van der Waals surface area contributed by atoms with Crippen LogP contribution in [0, 0.1) is 53.3 Å². The number of carbonyl (C=O) groups excluding carboxylic acids is 1. The summed E-state index contributed by atoms with van der Waals surface area (Å²) in [5.74, 6) is 10.6. The summed E-state index contributed by atoms with van der Waals surface area (Å²) in [7, 11) is 1.49. The smallest absolute Gasteiger partial charge is 0.305 e. The third-order valence-electron chi connectivity index (χ3n) is 8.39. The number of fused-ring (bicyclic) bond motifs is 10.